The van der Waals surface area contributed by atoms with E-state index in [2.05, 4.69) is 13.8 Å². The number of rotatable bonds is 8. The molecule has 1 atom stereocenters. The van der Waals surface area contributed by atoms with E-state index in [1.165, 1.54) is 0 Å². The van der Waals surface area contributed by atoms with Crippen LogP contribution in [0.15, 0.2) is 77.6 Å². The number of aromatic nitrogens is 2. The minimum Gasteiger partial charge on any atom is -0.497 e. The number of carbonyl (C=O) groups is 1. The Labute approximate surface area is 212 Å². The van der Waals surface area contributed by atoms with E-state index in [1.807, 2.05) is 73.3 Å². The van der Waals surface area contributed by atoms with Crippen LogP contribution in [0.25, 0.3) is 16.6 Å². The van der Waals surface area contributed by atoms with E-state index in [1.54, 1.807) is 29.9 Å². The van der Waals surface area contributed by atoms with Crippen LogP contribution in [0.2, 0.25) is 0 Å². The third-order valence-electron chi connectivity index (χ3n) is 6.43. The maximum absolute atomic E-state index is 13.8. The Kier molecular flexibility index (Phi) is 7.53. The van der Waals surface area contributed by atoms with Gasteiger partial charge in [-0.05, 0) is 74.2 Å². The number of benzene rings is 3. The number of amides is 1. The fourth-order valence-electron chi connectivity index (χ4n) is 4.38. The van der Waals surface area contributed by atoms with Crippen molar-refractivity contribution in [2.24, 2.45) is 5.92 Å². The summed E-state index contributed by atoms with van der Waals surface area (Å²) >= 11 is 0. The van der Waals surface area contributed by atoms with E-state index in [0.717, 1.165) is 17.7 Å². The SMILES string of the molecule is COc1cccc(C(=O)N(CCC(C)C)C(C)c2nc3ccccc3c(=O)n2-c2cccc(C)c2)c1. The van der Waals surface area contributed by atoms with Crippen LogP contribution in [0.5, 0.6) is 5.75 Å². The van der Waals surface area contributed by atoms with Gasteiger partial charge in [0.25, 0.3) is 11.5 Å². The van der Waals surface area contributed by atoms with Crippen LogP contribution in [0, 0.1) is 12.8 Å². The molecule has 4 aromatic rings. The molecule has 0 N–H and O–H groups in total. The zero-order valence-electron chi connectivity index (χ0n) is 21.6. The molecule has 0 bridgehead atoms. The van der Waals surface area contributed by atoms with Crippen LogP contribution in [0.3, 0.4) is 0 Å². The number of para-hydroxylation sites is 1. The standard InChI is InChI=1S/C30H33N3O3/c1-20(2)16-17-32(29(34)23-11-9-13-25(19-23)36-5)22(4)28-31-27-15-7-6-14-26(27)30(35)33(28)24-12-8-10-21(3)18-24/h6-15,18-20,22H,16-17H2,1-5H3. The highest BCUT2D eigenvalue weighted by Gasteiger charge is 2.28. The molecule has 0 aliphatic heterocycles. The number of fused-ring (bicyclic) bond motifs is 1. The molecular formula is C30H33N3O3. The molecule has 1 aromatic heterocycles. The van der Waals surface area contributed by atoms with Crippen molar-refractivity contribution in [2.75, 3.05) is 13.7 Å². The van der Waals surface area contributed by atoms with Crippen molar-refractivity contribution in [3.05, 3.63) is 100 Å². The molecule has 186 valence electrons. The Hall–Kier alpha value is -3.93. The van der Waals surface area contributed by atoms with Crippen molar-refractivity contribution in [3.8, 4) is 11.4 Å². The van der Waals surface area contributed by atoms with Gasteiger partial charge in [0.1, 0.15) is 11.6 Å². The van der Waals surface area contributed by atoms with Gasteiger partial charge in [-0.1, -0.05) is 44.2 Å². The summed E-state index contributed by atoms with van der Waals surface area (Å²) in [5.74, 6) is 1.43. The lowest BCUT2D eigenvalue weighted by molar-refractivity contribution is 0.0671. The number of hydrogen-bond acceptors (Lipinski definition) is 4. The molecule has 1 unspecified atom stereocenters. The normalized spacial score (nSPS) is 12.1. The lowest BCUT2D eigenvalue weighted by atomic mass is 10.1. The Bertz CT molecular complexity index is 1440. The molecule has 6 heteroatoms. The minimum absolute atomic E-state index is 0.125. The Morgan fingerprint density at radius 2 is 1.75 bits per heavy atom. The summed E-state index contributed by atoms with van der Waals surface area (Å²) in [5, 5.41) is 0.544. The predicted octanol–water partition coefficient (Wildman–Crippen LogP) is 5.95. The van der Waals surface area contributed by atoms with Crippen LogP contribution in [0.4, 0.5) is 0 Å². The van der Waals surface area contributed by atoms with E-state index in [-0.39, 0.29) is 11.5 Å². The highest BCUT2D eigenvalue weighted by molar-refractivity contribution is 5.95. The first-order chi connectivity index (χ1) is 17.3. The van der Waals surface area contributed by atoms with Crippen molar-refractivity contribution < 1.29 is 9.53 Å². The zero-order valence-corrected chi connectivity index (χ0v) is 21.6. The maximum atomic E-state index is 13.8. The first kappa shape index (κ1) is 25.2. The van der Waals surface area contributed by atoms with Gasteiger partial charge < -0.3 is 9.64 Å². The molecule has 0 radical (unpaired) electrons. The largest absolute Gasteiger partial charge is 0.497 e. The van der Waals surface area contributed by atoms with Crippen molar-refractivity contribution in [1.82, 2.24) is 14.5 Å². The quantitative estimate of drug-likeness (QED) is 0.311. The molecule has 36 heavy (non-hydrogen) atoms. The Morgan fingerprint density at radius 3 is 2.47 bits per heavy atom. The van der Waals surface area contributed by atoms with Gasteiger partial charge >= 0.3 is 0 Å². The molecule has 0 saturated carbocycles. The smallest absolute Gasteiger partial charge is 0.266 e. The Morgan fingerprint density at radius 1 is 1.00 bits per heavy atom. The zero-order chi connectivity index (χ0) is 25.8. The third-order valence-corrected chi connectivity index (χ3v) is 6.43. The fraction of sp³-hybridized carbons (Fsp3) is 0.300. The number of hydrogen-bond donors (Lipinski definition) is 0. The topological polar surface area (TPSA) is 64.4 Å². The van der Waals surface area contributed by atoms with Crippen LogP contribution in [0.1, 0.15) is 55.0 Å². The van der Waals surface area contributed by atoms with Crippen molar-refractivity contribution >= 4 is 16.8 Å². The van der Waals surface area contributed by atoms with Crippen molar-refractivity contribution in [2.45, 2.75) is 40.2 Å². The number of nitrogens with zero attached hydrogens (tertiary/aromatic N) is 3. The molecule has 0 spiro atoms. The van der Waals surface area contributed by atoms with Gasteiger partial charge in [0.05, 0.1) is 29.7 Å². The first-order valence-corrected chi connectivity index (χ1v) is 12.3. The van der Waals surface area contributed by atoms with Gasteiger partial charge in [0, 0.05) is 12.1 Å². The lowest BCUT2D eigenvalue weighted by Gasteiger charge is -2.31. The third kappa shape index (κ3) is 5.18. The number of methoxy groups -OCH3 is 1. The summed E-state index contributed by atoms with van der Waals surface area (Å²) in [5.41, 5.74) is 2.78. The van der Waals surface area contributed by atoms with Gasteiger partial charge in [0.2, 0.25) is 0 Å². The molecule has 0 saturated heterocycles. The maximum Gasteiger partial charge on any atom is 0.266 e. The van der Waals surface area contributed by atoms with Gasteiger partial charge in [-0.25, -0.2) is 4.98 Å². The summed E-state index contributed by atoms with van der Waals surface area (Å²) < 4.78 is 7.01. The molecule has 4 rings (SSSR count). The second kappa shape index (κ2) is 10.8. The van der Waals surface area contributed by atoms with Crippen LogP contribution < -0.4 is 10.3 Å². The second-order valence-electron chi connectivity index (χ2n) is 9.56. The number of aryl methyl sites for hydroxylation is 1. The van der Waals surface area contributed by atoms with Crippen LogP contribution >= 0.6 is 0 Å². The summed E-state index contributed by atoms with van der Waals surface area (Å²) in [4.78, 5) is 34.4. The highest BCUT2D eigenvalue weighted by atomic mass is 16.5. The predicted molar refractivity (Wildman–Crippen MR) is 144 cm³/mol. The van der Waals surface area contributed by atoms with Gasteiger partial charge in [0.15, 0.2) is 0 Å². The summed E-state index contributed by atoms with van der Waals surface area (Å²) in [6.45, 7) is 8.74. The van der Waals surface area contributed by atoms with Gasteiger partial charge in [-0.2, -0.15) is 0 Å². The second-order valence-corrected chi connectivity index (χ2v) is 9.56. The molecule has 0 fully saturated rings. The first-order valence-electron chi connectivity index (χ1n) is 12.3. The molecule has 1 heterocycles. The minimum atomic E-state index is -0.458. The summed E-state index contributed by atoms with van der Waals surface area (Å²) in [6.07, 6.45) is 0.822. The molecule has 0 aliphatic carbocycles. The molecule has 6 nitrogen and oxygen atoms in total. The summed E-state index contributed by atoms with van der Waals surface area (Å²) in [7, 11) is 1.59. The van der Waals surface area contributed by atoms with E-state index in [0.29, 0.717) is 40.5 Å². The van der Waals surface area contributed by atoms with Crippen molar-refractivity contribution in [1.29, 1.82) is 0 Å². The lowest BCUT2D eigenvalue weighted by Crippen LogP contribution is -2.38. The van der Waals surface area contributed by atoms with Crippen LogP contribution in [-0.2, 0) is 0 Å². The monoisotopic (exact) mass is 483 g/mol. The van der Waals surface area contributed by atoms with Gasteiger partial charge in [-0.15, -0.1) is 0 Å². The average molecular weight is 484 g/mol. The molecule has 3 aromatic carbocycles. The molecule has 1 amide bonds. The molecule has 0 aliphatic rings. The van der Waals surface area contributed by atoms with Gasteiger partial charge in [-0.3, -0.25) is 14.2 Å². The highest BCUT2D eigenvalue weighted by Crippen LogP contribution is 2.26. The van der Waals surface area contributed by atoms with E-state index in [9.17, 15) is 9.59 Å². The van der Waals surface area contributed by atoms with Crippen LogP contribution in [-0.4, -0.2) is 34.0 Å². The number of ether oxygens (including phenoxy) is 1. The molecular weight excluding hydrogens is 450 g/mol. The van der Waals surface area contributed by atoms with E-state index in [4.69, 9.17) is 9.72 Å². The van der Waals surface area contributed by atoms with Crippen molar-refractivity contribution in [3.63, 3.8) is 0 Å². The van der Waals surface area contributed by atoms with E-state index < -0.39 is 6.04 Å². The summed E-state index contributed by atoms with van der Waals surface area (Å²) in [6, 6.07) is 21.9. The fourth-order valence-corrected chi connectivity index (χ4v) is 4.38. The van der Waals surface area contributed by atoms with E-state index >= 15 is 0 Å². The number of carbonyl (C=O) groups excluding carboxylic acids is 1. The Balaban J connectivity index is 1.90. The average Bonchev–Trinajstić information content (AvgIpc) is 2.88.